The molecule has 3 N–H and O–H groups in total. The van der Waals surface area contributed by atoms with Crippen LogP contribution in [0.4, 0.5) is 5.69 Å². The molecule has 0 saturated carbocycles. The van der Waals surface area contributed by atoms with Gasteiger partial charge in [0.2, 0.25) is 5.91 Å². The van der Waals surface area contributed by atoms with Crippen LogP contribution in [0.25, 0.3) is 0 Å². The first-order chi connectivity index (χ1) is 11.0. The van der Waals surface area contributed by atoms with Crippen LogP contribution in [-0.4, -0.2) is 12.0 Å². The average molecular weight is 312 g/mol. The number of aryl methyl sites for hydroxylation is 1. The third-order valence-electron chi connectivity index (χ3n) is 3.41. The largest absolute Gasteiger partial charge is 0.489 e. The van der Waals surface area contributed by atoms with E-state index in [1.165, 1.54) is 0 Å². The van der Waals surface area contributed by atoms with E-state index in [1.54, 1.807) is 0 Å². The Hall–Kier alpha value is -2.49. The van der Waals surface area contributed by atoms with Crippen LogP contribution < -0.4 is 15.8 Å². The van der Waals surface area contributed by atoms with Crippen LogP contribution in [0.2, 0.25) is 0 Å². The van der Waals surface area contributed by atoms with Gasteiger partial charge >= 0.3 is 0 Å². The molecule has 0 atom stereocenters. The number of amides is 1. The predicted octanol–water partition coefficient (Wildman–Crippen LogP) is 3.31. The zero-order valence-electron chi connectivity index (χ0n) is 13.7. The van der Waals surface area contributed by atoms with Crippen molar-refractivity contribution < 1.29 is 9.53 Å². The molecular formula is C19H24N2O2. The Bertz CT molecular complexity index is 639. The highest BCUT2D eigenvalue weighted by atomic mass is 16.5. The van der Waals surface area contributed by atoms with Gasteiger partial charge in [-0.3, -0.25) is 4.79 Å². The number of nitrogens with one attached hydrogen (secondary N) is 1. The molecule has 4 heteroatoms. The molecule has 0 unspecified atom stereocenters. The van der Waals surface area contributed by atoms with Crippen molar-refractivity contribution in [1.29, 1.82) is 0 Å². The van der Waals surface area contributed by atoms with Gasteiger partial charge in [0.15, 0.2) is 0 Å². The quantitative estimate of drug-likeness (QED) is 0.771. The summed E-state index contributed by atoms with van der Waals surface area (Å²) in [6, 6.07) is 15.6. The molecule has 2 aromatic rings. The smallest absolute Gasteiger partial charge is 0.220 e. The van der Waals surface area contributed by atoms with Crippen LogP contribution >= 0.6 is 0 Å². The molecule has 0 saturated heterocycles. The number of nitrogen functional groups attached to an aromatic ring is 1. The van der Waals surface area contributed by atoms with Crippen LogP contribution in [0.1, 0.15) is 31.4 Å². The number of nitrogens with two attached hydrogens (primary N) is 1. The summed E-state index contributed by atoms with van der Waals surface area (Å²) < 4.78 is 5.61. The molecule has 0 aliphatic heterocycles. The van der Waals surface area contributed by atoms with Gasteiger partial charge in [0.1, 0.15) is 5.75 Å². The van der Waals surface area contributed by atoms with E-state index >= 15 is 0 Å². The number of rotatable bonds is 7. The lowest BCUT2D eigenvalue weighted by molar-refractivity contribution is -0.121. The van der Waals surface area contributed by atoms with Crippen molar-refractivity contribution in [3.63, 3.8) is 0 Å². The summed E-state index contributed by atoms with van der Waals surface area (Å²) in [4.78, 5) is 11.9. The highest BCUT2D eigenvalue weighted by molar-refractivity contribution is 5.76. The molecule has 23 heavy (non-hydrogen) atoms. The number of hydrogen-bond acceptors (Lipinski definition) is 3. The Kier molecular flexibility index (Phi) is 6.03. The van der Waals surface area contributed by atoms with Gasteiger partial charge in [-0.15, -0.1) is 0 Å². The Morgan fingerprint density at radius 3 is 2.52 bits per heavy atom. The second-order valence-corrected chi connectivity index (χ2v) is 5.80. The Labute approximate surface area is 137 Å². The first-order valence-electron chi connectivity index (χ1n) is 7.90. The maximum absolute atomic E-state index is 11.9. The molecule has 4 nitrogen and oxygen atoms in total. The third-order valence-corrected chi connectivity index (χ3v) is 3.41. The lowest BCUT2D eigenvalue weighted by Crippen LogP contribution is -2.22. The van der Waals surface area contributed by atoms with E-state index in [2.05, 4.69) is 5.32 Å². The minimum absolute atomic E-state index is 0.0370. The van der Waals surface area contributed by atoms with E-state index in [4.69, 9.17) is 10.5 Å². The van der Waals surface area contributed by atoms with Crippen molar-refractivity contribution in [3.05, 3.63) is 59.7 Å². The van der Waals surface area contributed by atoms with Crippen molar-refractivity contribution >= 4 is 11.6 Å². The summed E-state index contributed by atoms with van der Waals surface area (Å²) in [5.74, 6) is 0.729. The number of carbonyl (C=O) groups is 1. The van der Waals surface area contributed by atoms with E-state index in [-0.39, 0.29) is 12.0 Å². The molecule has 1 amide bonds. The van der Waals surface area contributed by atoms with Gasteiger partial charge in [-0.05, 0) is 43.5 Å². The number of benzene rings is 2. The molecule has 0 spiro atoms. The molecular weight excluding hydrogens is 288 g/mol. The summed E-state index contributed by atoms with van der Waals surface area (Å²) in [6.45, 7) is 4.48. The molecule has 122 valence electrons. The standard InChI is InChI=1S/C19H24N2O2/c1-14(2)23-18-10-8-15(12-17(18)20)9-11-19(22)21-13-16-6-4-3-5-7-16/h3-8,10,12,14H,9,11,13,20H2,1-2H3,(H,21,22). The minimum Gasteiger partial charge on any atom is -0.489 e. The fourth-order valence-electron chi connectivity index (χ4n) is 2.26. The number of ether oxygens (including phenoxy) is 1. The van der Waals surface area contributed by atoms with Crippen LogP contribution in [0.15, 0.2) is 48.5 Å². The second kappa shape index (κ2) is 8.22. The molecule has 2 rings (SSSR count). The van der Waals surface area contributed by atoms with E-state index in [9.17, 15) is 4.79 Å². The molecule has 0 heterocycles. The number of anilines is 1. The number of carbonyl (C=O) groups excluding carboxylic acids is 1. The van der Waals surface area contributed by atoms with Crippen molar-refractivity contribution in [2.75, 3.05) is 5.73 Å². The molecule has 0 radical (unpaired) electrons. The zero-order chi connectivity index (χ0) is 16.7. The average Bonchev–Trinajstić information content (AvgIpc) is 2.54. The lowest BCUT2D eigenvalue weighted by Gasteiger charge is -2.13. The van der Waals surface area contributed by atoms with E-state index in [0.717, 1.165) is 11.1 Å². The fourth-order valence-corrected chi connectivity index (χ4v) is 2.26. The maximum Gasteiger partial charge on any atom is 0.220 e. The highest BCUT2D eigenvalue weighted by Crippen LogP contribution is 2.24. The van der Waals surface area contributed by atoms with E-state index < -0.39 is 0 Å². The topological polar surface area (TPSA) is 64.3 Å². The zero-order valence-corrected chi connectivity index (χ0v) is 13.7. The van der Waals surface area contributed by atoms with Crippen LogP contribution in [0, 0.1) is 0 Å². The molecule has 0 fully saturated rings. The third kappa shape index (κ3) is 5.66. The van der Waals surface area contributed by atoms with Gasteiger partial charge < -0.3 is 15.8 Å². The normalized spacial score (nSPS) is 10.6. The van der Waals surface area contributed by atoms with E-state index in [1.807, 2.05) is 62.4 Å². The van der Waals surface area contributed by atoms with Crippen LogP contribution in [0.5, 0.6) is 5.75 Å². The highest BCUT2D eigenvalue weighted by Gasteiger charge is 2.06. The lowest BCUT2D eigenvalue weighted by atomic mass is 10.1. The van der Waals surface area contributed by atoms with Crippen LogP contribution in [-0.2, 0) is 17.8 Å². The van der Waals surface area contributed by atoms with Crippen molar-refractivity contribution in [1.82, 2.24) is 5.32 Å². The SMILES string of the molecule is CC(C)Oc1ccc(CCC(=O)NCc2ccccc2)cc1N. The first-order valence-corrected chi connectivity index (χ1v) is 7.90. The van der Waals surface area contributed by atoms with Gasteiger partial charge in [-0.1, -0.05) is 36.4 Å². The Morgan fingerprint density at radius 1 is 1.13 bits per heavy atom. The van der Waals surface area contributed by atoms with Gasteiger partial charge in [-0.2, -0.15) is 0 Å². The Morgan fingerprint density at radius 2 is 1.87 bits per heavy atom. The van der Waals surface area contributed by atoms with Crippen molar-refractivity contribution in [3.8, 4) is 5.75 Å². The fraction of sp³-hybridized carbons (Fsp3) is 0.316. The molecule has 0 bridgehead atoms. The van der Waals surface area contributed by atoms with E-state index in [0.29, 0.717) is 30.8 Å². The minimum atomic E-state index is 0.0370. The summed E-state index contributed by atoms with van der Waals surface area (Å²) in [7, 11) is 0. The van der Waals surface area contributed by atoms with Gasteiger partial charge in [-0.25, -0.2) is 0 Å². The second-order valence-electron chi connectivity index (χ2n) is 5.80. The predicted molar refractivity (Wildman–Crippen MR) is 93.2 cm³/mol. The summed E-state index contributed by atoms with van der Waals surface area (Å²) in [5.41, 5.74) is 8.73. The summed E-state index contributed by atoms with van der Waals surface area (Å²) in [6.07, 6.45) is 1.19. The Balaban J connectivity index is 1.81. The van der Waals surface area contributed by atoms with Gasteiger partial charge in [0, 0.05) is 13.0 Å². The summed E-state index contributed by atoms with van der Waals surface area (Å²) in [5, 5.41) is 2.93. The van der Waals surface area contributed by atoms with Crippen LogP contribution in [0.3, 0.4) is 0 Å². The first kappa shape index (κ1) is 16.9. The summed E-state index contributed by atoms with van der Waals surface area (Å²) >= 11 is 0. The van der Waals surface area contributed by atoms with Gasteiger partial charge in [0.05, 0.1) is 11.8 Å². The van der Waals surface area contributed by atoms with Crippen molar-refractivity contribution in [2.24, 2.45) is 0 Å². The van der Waals surface area contributed by atoms with Crippen molar-refractivity contribution in [2.45, 2.75) is 39.3 Å². The maximum atomic E-state index is 11.9. The van der Waals surface area contributed by atoms with Gasteiger partial charge in [0.25, 0.3) is 0 Å². The monoisotopic (exact) mass is 312 g/mol. The molecule has 0 aromatic heterocycles. The molecule has 0 aliphatic rings. The molecule has 0 aliphatic carbocycles. The number of hydrogen-bond donors (Lipinski definition) is 2. The molecule has 2 aromatic carbocycles.